The van der Waals surface area contributed by atoms with Crippen molar-refractivity contribution in [1.82, 2.24) is 10.3 Å². The van der Waals surface area contributed by atoms with Crippen LogP contribution in [0.4, 0.5) is 0 Å². The molecular formula is C17H17Cl3N2O. The van der Waals surface area contributed by atoms with Crippen molar-refractivity contribution in [3.05, 3.63) is 56.8 Å². The number of benzene rings is 1. The molecule has 2 aromatic rings. The van der Waals surface area contributed by atoms with Gasteiger partial charge in [0, 0.05) is 30.4 Å². The minimum atomic E-state index is -0.200. The van der Waals surface area contributed by atoms with Crippen LogP contribution in [0.5, 0.6) is 5.75 Å². The number of nitrogens with zero attached hydrogens (tertiary/aromatic N) is 1. The average molecular weight is 372 g/mol. The van der Waals surface area contributed by atoms with Gasteiger partial charge in [0.25, 0.3) is 0 Å². The zero-order chi connectivity index (χ0) is 16.4. The second kappa shape index (κ2) is 7.27. The number of hydrogen-bond donors (Lipinski definition) is 1. The number of aromatic nitrogens is 1. The third-order valence-corrected chi connectivity index (χ3v) is 4.74. The molecule has 0 saturated carbocycles. The average Bonchev–Trinajstić information content (AvgIpc) is 3.00. The number of hydrogen-bond acceptors (Lipinski definition) is 3. The first-order chi connectivity index (χ1) is 11.0. The minimum absolute atomic E-state index is 0.200. The van der Waals surface area contributed by atoms with Crippen LogP contribution in [-0.4, -0.2) is 18.1 Å². The summed E-state index contributed by atoms with van der Waals surface area (Å²) in [5, 5.41) is 4.98. The summed E-state index contributed by atoms with van der Waals surface area (Å²) in [6.45, 7) is 3.78. The Kier molecular flexibility index (Phi) is 5.32. The van der Waals surface area contributed by atoms with E-state index in [1.807, 2.05) is 25.1 Å². The fourth-order valence-electron chi connectivity index (χ4n) is 2.88. The zero-order valence-corrected chi connectivity index (χ0v) is 14.9. The summed E-state index contributed by atoms with van der Waals surface area (Å²) in [7, 11) is 0. The highest BCUT2D eigenvalue weighted by molar-refractivity contribution is 6.37. The summed E-state index contributed by atoms with van der Waals surface area (Å²) in [4.78, 5) is 4.18. The summed E-state index contributed by atoms with van der Waals surface area (Å²) >= 11 is 18.8. The van der Waals surface area contributed by atoms with Gasteiger partial charge in [0.05, 0.1) is 15.1 Å². The number of aryl methyl sites for hydroxylation is 1. The van der Waals surface area contributed by atoms with Gasteiger partial charge in [0.15, 0.2) is 5.75 Å². The number of nitrogens with one attached hydrogen (secondary N) is 1. The van der Waals surface area contributed by atoms with Gasteiger partial charge in [-0.2, -0.15) is 0 Å². The molecule has 0 radical (unpaired) electrons. The summed E-state index contributed by atoms with van der Waals surface area (Å²) in [5.41, 5.74) is 1.93. The van der Waals surface area contributed by atoms with E-state index < -0.39 is 0 Å². The van der Waals surface area contributed by atoms with Crippen LogP contribution < -0.4 is 10.1 Å². The monoisotopic (exact) mass is 370 g/mol. The van der Waals surface area contributed by atoms with Gasteiger partial charge < -0.3 is 10.1 Å². The third-order valence-electron chi connectivity index (χ3n) is 3.97. The molecule has 0 amide bonds. The number of rotatable bonds is 4. The smallest absolute Gasteiger partial charge is 0.157 e. The SMILES string of the molecule is Cc1cc(Cl)c(OC(c2cncc(Cl)c2)[C@H]2CCNC2)c(Cl)c1. The van der Waals surface area contributed by atoms with Crippen LogP contribution in [0.15, 0.2) is 30.6 Å². The molecule has 1 fully saturated rings. The molecule has 2 heterocycles. The second-order valence-corrected chi connectivity index (χ2v) is 7.04. The molecule has 1 N–H and O–H groups in total. The van der Waals surface area contributed by atoms with Crippen molar-refractivity contribution in [1.29, 1.82) is 0 Å². The number of pyridine rings is 1. The van der Waals surface area contributed by atoms with E-state index in [4.69, 9.17) is 39.5 Å². The highest BCUT2D eigenvalue weighted by Crippen LogP contribution is 2.40. The van der Waals surface area contributed by atoms with Gasteiger partial charge in [-0.05, 0) is 43.7 Å². The van der Waals surface area contributed by atoms with Gasteiger partial charge in [-0.15, -0.1) is 0 Å². The molecule has 3 rings (SSSR count). The first-order valence-electron chi connectivity index (χ1n) is 7.48. The molecule has 2 atom stereocenters. The molecule has 0 bridgehead atoms. The van der Waals surface area contributed by atoms with Crippen LogP contribution >= 0.6 is 34.8 Å². The van der Waals surface area contributed by atoms with Gasteiger partial charge >= 0.3 is 0 Å². The van der Waals surface area contributed by atoms with E-state index in [1.54, 1.807) is 12.4 Å². The maximum absolute atomic E-state index is 6.34. The molecule has 1 saturated heterocycles. The van der Waals surface area contributed by atoms with Gasteiger partial charge in [0.1, 0.15) is 6.10 Å². The Morgan fingerprint density at radius 1 is 1.17 bits per heavy atom. The van der Waals surface area contributed by atoms with E-state index in [0.717, 1.165) is 30.6 Å². The molecular weight excluding hydrogens is 355 g/mol. The Labute approximate surface area is 150 Å². The second-order valence-electron chi connectivity index (χ2n) is 5.79. The number of halogens is 3. The Balaban J connectivity index is 1.96. The third kappa shape index (κ3) is 3.92. The van der Waals surface area contributed by atoms with Crippen molar-refractivity contribution < 1.29 is 4.74 Å². The standard InChI is InChI=1S/C17H17Cl3N2O/c1-10-4-14(19)17(15(20)5-10)23-16(11-2-3-21-7-11)12-6-13(18)9-22-8-12/h4-6,8-9,11,16,21H,2-3,7H2,1H3/t11-,16?/m0/s1. The van der Waals surface area contributed by atoms with Crippen LogP contribution in [0.2, 0.25) is 15.1 Å². The topological polar surface area (TPSA) is 34.1 Å². The highest BCUT2D eigenvalue weighted by Gasteiger charge is 2.29. The molecule has 23 heavy (non-hydrogen) atoms. The summed E-state index contributed by atoms with van der Waals surface area (Å²) in [6, 6.07) is 5.58. The lowest BCUT2D eigenvalue weighted by molar-refractivity contribution is 0.144. The molecule has 6 heteroatoms. The van der Waals surface area contributed by atoms with Gasteiger partial charge in [-0.1, -0.05) is 34.8 Å². The van der Waals surface area contributed by atoms with Crippen LogP contribution in [0.1, 0.15) is 23.7 Å². The maximum Gasteiger partial charge on any atom is 0.157 e. The Morgan fingerprint density at radius 3 is 2.52 bits per heavy atom. The Morgan fingerprint density at radius 2 is 1.91 bits per heavy atom. The van der Waals surface area contributed by atoms with Crippen molar-refractivity contribution >= 4 is 34.8 Å². The Hall–Kier alpha value is -1.000. The van der Waals surface area contributed by atoms with Crippen molar-refractivity contribution in [3.8, 4) is 5.75 Å². The first kappa shape index (κ1) is 16.8. The summed E-state index contributed by atoms with van der Waals surface area (Å²) in [6.07, 6.45) is 4.21. The molecule has 122 valence electrons. The number of ether oxygens (including phenoxy) is 1. The lowest BCUT2D eigenvalue weighted by atomic mass is 9.96. The van der Waals surface area contributed by atoms with Crippen LogP contribution in [-0.2, 0) is 0 Å². The van der Waals surface area contributed by atoms with Crippen LogP contribution in [0.3, 0.4) is 0 Å². The van der Waals surface area contributed by atoms with E-state index in [1.165, 1.54) is 0 Å². The fourth-order valence-corrected chi connectivity index (χ4v) is 3.75. The lowest BCUT2D eigenvalue weighted by Gasteiger charge is -2.26. The molecule has 0 aliphatic carbocycles. The van der Waals surface area contributed by atoms with Crippen LogP contribution in [0, 0.1) is 12.8 Å². The van der Waals surface area contributed by atoms with Gasteiger partial charge in [0.2, 0.25) is 0 Å². The van der Waals surface area contributed by atoms with Crippen LogP contribution in [0.25, 0.3) is 0 Å². The van der Waals surface area contributed by atoms with Crippen molar-refractivity contribution in [2.24, 2.45) is 5.92 Å². The normalized spacial score (nSPS) is 18.9. The zero-order valence-electron chi connectivity index (χ0n) is 12.7. The van der Waals surface area contributed by atoms with E-state index >= 15 is 0 Å². The van der Waals surface area contributed by atoms with E-state index in [2.05, 4.69) is 10.3 Å². The molecule has 0 spiro atoms. The molecule has 1 aromatic carbocycles. The Bertz CT molecular complexity index is 679. The predicted molar refractivity (Wildman–Crippen MR) is 94.8 cm³/mol. The summed E-state index contributed by atoms with van der Waals surface area (Å²) in [5.74, 6) is 0.819. The maximum atomic E-state index is 6.34. The van der Waals surface area contributed by atoms with Gasteiger partial charge in [-0.3, -0.25) is 4.98 Å². The molecule has 1 aromatic heterocycles. The van der Waals surface area contributed by atoms with E-state index in [9.17, 15) is 0 Å². The van der Waals surface area contributed by atoms with Crippen molar-refractivity contribution in [3.63, 3.8) is 0 Å². The van der Waals surface area contributed by atoms with Crippen molar-refractivity contribution in [2.45, 2.75) is 19.4 Å². The molecule has 1 unspecified atom stereocenters. The van der Waals surface area contributed by atoms with Crippen molar-refractivity contribution in [2.75, 3.05) is 13.1 Å². The minimum Gasteiger partial charge on any atom is -0.482 e. The summed E-state index contributed by atoms with van der Waals surface area (Å²) < 4.78 is 6.25. The van der Waals surface area contributed by atoms with E-state index in [-0.39, 0.29) is 6.10 Å². The molecule has 1 aliphatic rings. The predicted octanol–water partition coefficient (Wildman–Crippen LogP) is 5.08. The quantitative estimate of drug-likeness (QED) is 0.814. The molecule has 3 nitrogen and oxygen atoms in total. The fraction of sp³-hybridized carbons (Fsp3) is 0.353. The largest absolute Gasteiger partial charge is 0.482 e. The van der Waals surface area contributed by atoms with Gasteiger partial charge in [-0.25, -0.2) is 0 Å². The highest BCUT2D eigenvalue weighted by atomic mass is 35.5. The first-order valence-corrected chi connectivity index (χ1v) is 8.61. The lowest BCUT2D eigenvalue weighted by Crippen LogP contribution is -2.22. The molecule has 1 aliphatic heterocycles. The van der Waals surface area contributed by atoms with E-state index in [0.29, 0.717) is 26.7 Å².